The molecule has 0 radical (unpaired) electrons. The topological polar surface area (TPSA) is 72.3 Å². The highest BCUT2D eigenvalue weighted by molar-refractivity contribution is 5.83. The van der Waals surface area contributed by atoms with Gasteiger partial charge in [-0.15, -0.1) is 0 Å². The molecule has 0 aromatic rings. The molecule has 0 aromatic carbocycles. The van der Waals surface area contributed by atoms with E-state index >= 15 is 0 Å². The Labute approximate surface area is 88.6 Å². The zero-order valence-corrected chi connectivity index (χ0v) is 9.34. The van der Waals surface area contributed by atoms with Gasteiger partial charge >= 0.3 is 0 Å². The predicted molar refractivity (Wildman–Crippen MR) is 54.5 cm³/mol. The molecule has 0 heterocycles. The molecule has 6 heteroatoms. The third kappa shape index (κ3) is 5.03. The average Bonchev–Trinajstić information content (AvgIpc) is 2.01. The molecule has 0 aromatic heterocycles. The maximum atomic E-state index is 12.1. The van der Waals surface area contributed by atoms with Crippen LogP contribution in [0.2, 0.25) is 0 Å². The van der Waals surface area contributed by atoms with Gasteiger partial charge < -0.3 is 11.5 Å². The molecule has 0 aliphatic rings. The van der Waals surface area contributed by atoms with Crippen LogP contribution in [0.3, 0.4) is 0 Å². The minimum Gasteiger partial charge on any atom is -0.368 e. The Kier molecular flexibility index (Phi) is 5.10. The maximum absolute atomic E-state index is 12.1. The zero-order valence-electron chi connectivity index (χ0n) is 9.34. The number of carbonyl (C=O) groups excluding carboxylic acids is 1. The summed E-state index contributed by atoms with van der Waals surface area (Å²) in [4.78, 5) is 12.4. The van der Waals surface area contributed by atoms with Crippen molar-refractivity contribution in [2.45, 2.75) is 38.3 Å². The third-order valence-electron chi connectivity index (χ3n) is 2.46. The standard InChI is InChI=1S/C9H19F2N3O/c1-6(14(3)5-7(10)11)4-9(2,13)8(12)15/h6-7H,4-5,13H2,1-3H3,(H2,12,15). The highest BCUT2D eigenvalue weighted by Crippen LogP contribution is 2.13. The Morgan fingerprint density at radius 3 is 2.33 bits per heavy atom. The van der Waals surface area contributed by atoms with Gasteiger partial charge in [-0.1, -0.05) is 0 Å². The number of hydrogen-bond donors (Lipinski definition) is 2. The monoisotopic (exact) mass is 223 g/mol. The van der Waals surface area contributed by atoms with Gasteiger partial charge in [-0.25, -0.2) is 8.78 Å². The molecule has 1 amide bonds. The first-order valence-electron chi connectivity index (χ1n) is 4.74. The molecular formula is C9H19F2N3O. The predicted octanol–water partition coefficient (Wildman–Crippen LogP) is 0.165. The van der Waals surface area contributed by atoms with E-state index in [1.165, 1.54) is 11.8 Å². The van der Waals surface area contributed by atoms with Gasteiger partial charge in [0.15, 0.2) is 0 Å². The van der Waals surface area contributed by atoms with E-state index in [-0.39, 0.29) is 19.0 Å². The summed E-state index contributed by atoms with van der Waals surface area (Å²) in [5, 5.41) is 0. The van der Waals surface area contributed by atoms with E-state index in [0.29, 0.717) is 0 Å². The van der Waals surface area contributed by atoms with Crippen LogP contribution >= 0.6 is 0 Å². The van der Waals surface area contributed by atoms with Gasteiger partial charge in [-0.3, -0.25) is 9.69 Å². The Morgan fingerprint density at radius 1 is 1.53 bits per heavy atom. The van der Waals surface area contributed by atoms with Crippen molar-refractivity contribution >= 4 is 5.91 Å². The van der Waals surface area contributed by atoms with E-state index in [1.807, 2.05) is 0 Å². The van der Waals surface area contributed by atoms with Crippen molar-refractivity contribution in [3.8, 4) is 0 Å². The summed E-state index contributed by atoms with van der Waals surface area (Å²) in [7, 11) is 1.56. The van der Waals surface area contributed by atoms with Gasteiger partial charge in [0, 0.05) is 6.04 Å². The van der Waals surface area contributed by atoms with Gasteiger partial charge in [0.2, 0.25) is 5.91 Å². The van der Waals surface area contributed by atoms with E-state index in [2.05, 4.69) is 0 Å². The molecule has 2 atom stereocenters. The lowest BCUT2D eigenvalue weighted by atomic mass is 9.93. The molecule has 4 nitrogen and oxygen atoms in total. The second-order valence-corrected chi connectivity index (χ2v) is 4.17. The molecule has 0 saturated heterocycles. The molecule has 0 fully saturated rings. The Morgan fingerprint density at radius 2 is 2.00 bits per heavy atom. The summed E-state index contributed by atoms with van der Waals surface area (Å²) < 4.78 is 24.1. The van der Waals surface area contributed by atoms with Crippen LogP contribution in [0.4, 0.5) is 8.78 Å². The molecule has 0 bridgehead atoms. The molecule has 90 valence electrons. The smallest absolute Gasteiger partial charge is 0.251 e. The van der Waals surface area contributed by atoms with Gasteiger partial charge in [0.25, 0.3) is 6.43 Å². The number of alkyl halides is 2. The van der Waals surface area contributed by atoms with Gasteiger partial charge in [-0.05, 0) is 27.3 Å². The van der Waals surface area contributed by atoms with Crippen molar-refractivity contribution < 1.29 is 13.6 Å². The van der Waals surface area contributed by atoms with E-state index in [9.17, 15) is 13.6 Å². The summed E-state index contributed by atoms with van der Waals surface area (Å²) >= 11 is 0. The average molecular weight is 223 g/mol. The van der Waals surface area contributed by atoms with Crippen LogP contribution < -0.4 is 11.5 Å². The first kappa shape index (κ1) is 14.2. The van der Waals surface area contributed by atoms with Crippen LogP contribution in [0.15, 0.2) is 0 Å². The van der Waals surface area contributed by atoms with Crippen molar-refractivity contribution in [2.24, 2.45) is 11.5 Å². The fourth-order valence-electron chi connectivity index (χ4n) is 1.27. The molecule has 4 N–H and O–H groups in total. The molecule has 0 rings (SSSR count). The minimum absolute atomic E-state index is 0.221. The normalized spacial score (nSPS) is 17.9. The number of rotatable bonds is 6. The SMILES string of the molecule is CC(CC(C)(N)C(N)=O)N(C)CC(F)F. The summed E-state index contributed by atoms with van der Waals surface area (Å²) in [6, 6.07) is -0.221. The van der Waals surface area contributed by atoms with Crippen LogP contribution in [-0.4, -0.2) is 42.4 Å². The molecule has 0 saturated carbocycles. The number of amides is 1. The van der Waals surface area contributed by atoms with Crippen molar-refractivity contribution in [3.05, 3.63) is 0 Å². The number of halogens is 2. The largest absolute Gasteiger partial charge is 0.368 e. The number of nitrogens with zero attached hydrogens (tertiary/aromatic N) is 1. The Balaban J connectivity index is 4.23. The molecule has 0 aliphatic heterocycles. The molecule has 15 heavy (non-hydrogen) atoms. The van der Waals surface area contributed by atoms with Gasteiger partial charge in [0.05, 0.1) is 12.1 Å². The lowest BCUT2D eigenvalue weighted by molar-refractivity contribution is -0.123. The van der Waals surface area contributed by atoms with Crippen LogP contribution in [0.25, 0.3) is 0 Å². The lowest BCUT2D eigenvalue weighted by Gasteiger charge is -2.30. The first-order chi connectivity index (χ1) is 6.66. The lowest BCUT2D eigenvalue weighted by Crippen LogP contribution is -2.53. The van der Waals surface area contributed by atoms with Gasteiger partial charge in [-0.2, -0.15) is 0 Å². The highest BCUT2D eigenvalue weighted by Gasteiger charge is 2.29. The third-order valence-corrected chi connectivity index (χ3v) is 2.46. The summed E-state index contributed by atoms with van der Waals surface area (Å²) in [6.45, 7) is 2.90. The number of carbonyl (C=O) groups is 1. The summed E-state index contributed by atoms with van der Waals surface area (Å²) in [5.74, 6) is -0.625. The van der Waals surface area contributed by atoms with Crippen molar-refractivity contribution in [3.63, 3.8) is 0 Å². The summed E-state index contributed by atoms with van der Waals surface area (Å²) in [6.07, 6.45) is -2.14. The van der Waals surface area contributed by atoms with Crippen molar-refractivity contribution in [1.82, 2.24) is 4.90 Å². The molecule has 0 spiro atoms. The van der Waals surface area contributed by atoms with Crippen molar-refractivity contribution in [1.29, 1.82) is 0 Å². The highest BCUT2D eigenvalue weighted by atomic mass is 19.3. The molecule has 0 aliphatic carbocycles. The van der Waals surface area contributed by atoms with Gasteiger partial charge in [0.1, 0.15) is 0 Å². The Bertz CT molecular complexity index is 221. The maximum Gasteiger partial charge on any atom is 0.251 e. The summed E-state index contributed by atoms with van der Waals surface area (Å²) in [5.41, 5.74) is 9.57. The fourth-order valence-corrected chi connectivity index (χ4v) is 1.27. The van der Waals surface area contributed by atoms with Crippen LogP contribution in [0, 0.1) is 0 Å². The van der Waals surface area contributed by atoms with Crippen LogP contribution in [0.1, 0.15) is 20.3 Å². The number of primary amides is 1. The molecule has 2 unspecified atom stereocenters. The van der Waals surface area contributed by atoms with E-state index in [0.717, 1.165) is 0 Å². The quantitative estimate of drug-likeness (QED) is 0.674. The number of nitrogens with two attached hydrogens (primary N) is 2. The van der Waals surface area contributed by atoms with E-state index < -0.39 is 17.9 Å². The fraction of sp³-hybridized carbons (Fsp3) is 0.889. The first-order valence-corrected chi connectivity index (χ1v) is 4.74. The second-order valence-electron chi connectivity index (χ2n) is 4.17. The second kappa shape index (κ2) is 5.37. The van der Waals surface area contributed by atoms with Crippen molar-refractivity contribution in [2.75, 3.05) is 13.6 Å². The Hall–Kier alpha value is -0.750. The molecular weight excluding hydrogens is 204 g/mol. The van der Waals surface area contributed by atoms with E-state index in [4.69, 9.17) is 11.5 Å². The van der Waals surface area contributed by atoms with E-state index in [1.54, 1.807) is 14.0 Å². The number of hydrogen-bond acceptors (Lipinski definition) is 3. The van der Waals surface area contributed by atoms with Crippen LogP contribution in [0.5, 0.6) is 0 Å². The zero-order chi connectivity index (χ0) is 12.2. The minimum atomic E-state index is -2.39. The van der Waals surface area contributed by atoms with Crippen LogP contribution in [-0.2, 0) is 4.79 Å².